The van der Waals surface area contributed by atoms with E-state index in [2.05, 4.69) is 14.9 Å². The van der Waals surface area contributed by atoms with E-state index < -0.39 is 0 Å². The molecule has 3 N–H and O–H groups in total. The zero-order valence-electron chi connectivity index (χ0n) is 8.63. The predicted molar refractivity (Wildman–Crippen MR) is 58.5 cm³/mol. The molecule has 0 amide bonds. The first-order chi connectivity index (χ1) is 7.33. The van der Waals surface area contributed by atoms with Crippen LogP contribution in [0.3, 0.4) is 0 Å². The predicted octanol–water partition coefficient (Wildman–Crippen LogP) is 0.410. The van der Waals surface area contributed by atoms with Crippen LogP contribution in [0.15, 0.2) is 12.4 Å². The van der Waals surface area contributed by atoms with Crippen molar-refractivity contribution in [1.29, 1.82) is 0 Å². The van der Waals surface area contributed by atoms with Crippen LogP contribution in [-0.2, 0) is 0 Å². The van der Waals surface area contributed by atoms with Crippen LogP contribution < -0.4 is 10.6 Å². The second-order valence-electron chi connectivity index (χ2n) is 3.79. The van der Waals surface area contributed by atoms with Crippen molar-refractivity contribution in [2.45, 2.75) is 25.3 Å². The molecule has 0 radical (unpaired) electrons. The minimum Gasteiger partial charge on any atom is -0.394 e. The van der Waals surface area contributed by atoms with Crippen molar-refractivity contribution >= 4 is 11.6 Å². The highest BCUT2D eigenvalue weighted by Gasteiger charge is 2.24. The van der Waals surface area contributed by atoms with E-state index in [1.807, 2.05) is 0 Å². The Morgan fingerprint density at radius 1 is 1.40 bits per heavy atom. The minimum absolute atomic E-state index is 0.137. The Morgan fingerprint density at radius 3 is 2.93 bits per heavy atom. The summed E-state index contributed by atoms with van der Waals surface area (Å²) >= 11 is 0. The number of aliphatic hydroxyl groups is 1. The topological polar surface area (TPSA) is 75.3 Å². The van der Waals surface area contributed by atoms with E-state index in [0.29, 0.717) is 11.6 Å². The average molecular weight is 208 g/mol. The molecule has 0 aromatic carbocycles. The maximum Gasteiger partial charge on any atom is 0.171 e. The molecule has 2 rings (SSSR count). The molecule has 1 saturated heterocycles. The maximum atomic E-state index is 9.28. The number of nitrogens with zero attached hydrogens (tertiary/aromatic N) is 3. The lowest BCUT2D eigenvalue weighted by Crippen LogP contribution is -2.42. The van der Waals surface area contributed by atoms with Gasteiger partial charge in [-0.3, -0.25) is 0 Å². The van der Waals surface area contributed by atoms with E-state index in [0.717, 1.165) is 25.8 Å². The molecule has 82 valence electrons. The summed E-state index contributed by atoms with van der Waals surface area (Å²) in [6.07, 6.45) is 6.48. The summed E-state index contributed by atoms with van der Waals surface area (Å²) in [4.78, 5) is 10.3. The largest absolute Gasteiger partial charge is 0.394 e. The average Bonchev–Trinajstić information content (AvgIpc) is 2.30. The molecule has 2 heterocycles. The van der Waals surface area contributed by atoms with Crippen molar-refractivity contribution in [2.24, 2.45) is 0 Å². The molecule has 1 aliphatic heterocycles. The molecule has 1 aliphatic rings. The van der Waals surface area contributed by atoms with E-state index in [1.54, 1.807) is 12.4 Å². The zero-order chi connectivity index (χ0) is 10.7. The van der Waals surface area contributed by atoms with Crippen molar-refractivity contribution < 1.29 is 5.11 Å². The molecule has 1 atom stereocenters. The number of anilines is 2. The highest BCUT2D eigenvalue weighted by atomic mass is 16.3. The lowest BCUT2D eigenvalue weighted by molar-refractivity contribution is 0.239. The highest BCUT2D eigenvalue weighted by Crippen LogP contribution is 2.25. The Hall–Kier alpha value is -1.36. The molecule has 5 nitrogen and oxygen atoms in total. The Morgan fingerprint density at radius 2 is 2.20 bits per heavy atom. The van der Waals surface area contributed by atoms with Crippen molar-refractivity contribution in [3.63, 3.8) is 0 Å². The van der Waals surface area contributed by atoms with Crippen LogP contribution in [0.4, 0.5) is 11.6 Å². The van der Waals surface area contributed by atoms with Gasteiger partial charge in [-0.25, -0.2) is 9.97 Å². The van der Waals surface area contributed by atoms with Gasteiger partial charge in [0.15, 0.2) is 11.6 Å². The third-order valence-electron chi connectivity index (χ3n) is 2.82. The van der Waals surface area contributed by atoms with Crippen LogP contribution in [-0.4, -0.2) is 34.3 Å². The van der Waals surface area contributed by atoms with Gasteiger partial charge in [-0.2, -0.15) is 0 Å². The molecule has 15 heavy (non-hydrogen) atoms. The van der Waals surface area contributed by atoms with Gasteiger partial charge < -0.3 is 15.7 Å². The second kappa shape index (κ2) is 4.44. The first kappa shape index (κ1) is 10.2. The summed E-state index contributed by atoms with van der Waals surface area (Å²) in [7, 11) is 0. The monoisotopic (exact) mass is 208 g/mol. The number of piperidine rings is 1. The van der Waals surface area contributed by atoms with Gasteiger partial charge in [0.05, 0.1) is 12.6 Å². The summed E-state index contributed by atoms with van der Waals surface area (Å²) in [5.41, 5.74) is 5.77. The first-order valence-electron chi connectivity index (χ1n) is 5.27. The van der Waals surface area contributed by atoms with Gasteiger partial charge in [0.2, 0.25) is 0 Å². The SMILES string of the molecule is Nc1nccnc1N1CCCCC1CO. The Bertz CT molecular complexity index is 331. The quantitative estimate of drug-likeness (QED) is 0.736. The van der Waals surface area contributed by atoms with Crippen molar-refractivity contribution in [1.82, 2.24) is 9.97 Å². The van der Waals surface area contributed by atoms with Gasteiger partial charge in [0, 0.05) is 18.9 Å². The number of nitrogen functional groups attached to an aromatic ring is 1. The van der Waals surface area contributed by atoms with Crippen LogP contribution in [0.25, 0.3) is 0 Å². The van der Waals surface area contributed by atoms with Crippen molar-refractivity contribution in [3.8, 4) is 0 Å². The minimum atomic E-state index is 0.137. The summed E-state index contributed by atoms with van der Waals surface area (Å²) < 4.78 is 0. The summed E-state index contributed by atoms with van der Waals surface area (Å²) in [6.45, 7) is 1.05. The standard InChI is InChI=1S/C10H16N4O/c11-9-10(13-5-4-12-9)14-6-2-1-3-8(14)7-15/h4-5,8,15H,1-3,6-7H2,(H2,11,12). The van der Waals surface area contributed by atoms with Gasteiger partial charge in [0.25, 0.3) is 0 Å². The Balaban J connectivity index is 2.24. The number of nitrogens with two attached hydrogens (primary N) is 1. The number of aromatic nitrogens is 2. The van der Waals surface area contributed by atoms with Crippen LogP contribution in [0, 0.1) is 0 Å². The fourth-order valence-corrected chi connectivity index (χ4v) is 2.03. The van der Waals surface area contributed by atoms with E-state index in [4.69, 9.17) is 5.73 Å². The van der Waals surface area contributed by atoms with Crippen LogP contribution in [0.2, 0.25) is 0 Å². The molecular weight excluding hydrogens is 192 g/mol. The van der Waals surface area contributed by atoms with Crippen LogP contribution in [0.1, 0.15) is 19.3 Å². The number of hydrogen-bond donors (Lipinski definition) is 2. The fraction of sp³-hybridized carbons (Fsp3) is 0.600. The number of rotatable bonds is 2. The summed E-state index contributed by atoms with van der Waals surface area (Å²) in [6, 6.07) is 0.137. The van der Waals surface area contributed by atoms with Gasteiger partial charge in [-0.05, 0) is 19.3 Å². The molecule has 0 spiro atoms. The maximum absolute atomic E-state index is 9.28. The van der Waals surface area contributed by atoms with Crippen molar-refractivity contribution in [3.05, 3.63) is 12.4 Å². The number of aliphatic hydroxyl groups excluding tert-OH is 1. The van der Waals surface area contributed by atoms with Crippen LogP contribution in [0.5, 0.6) is 0 Å². The fourth-order valence-electron chi connectivity index (χ4n) is 2.03. The van der Waals surface area contributed by atoms with Gasteiger partial charge in [-0.15, -0.1) is 0 Å². The molecule has 0 bridgehead atoms. The van der Waals surface area contributed by atoms with Gasteiger partial charge in [0.1, 0.15) is 0 Å². The first-order valence-corrected chi connectivity index (χ1v) is 5.27. The summed E-state index contributed by atoms with van der Waals surface area (Å²) in [5.74, 6) is 1.15. The highest BCUT2D eigenvalue weighted by molar-refractivity contribution is 5.58. The van der Waals surface area contributed by atoms with E-state index >= 15 is 0 Å². The van der Waals surface area contributed by atoms with Crippen LogP contribution >= 0.6 is 0 Å². The smallest absolute Gasteiger partial charge is 0.171 e. The lowest BCUT2D eigenvalue weighted by atomic mass is 10.0. The van der Waals surface area contributed by atoms with E-state index in [-0.39, 0.29) is 12.6 Å². The molecule has 0 aliphatic carbocycles. The third-order valence-corrected chi connectivity index (χ3v) is 2.82. The summed E-state index contributed by atoms with van der Waals surface area (Å²) in [5, 5.41) is 9.28. The zero-order valence-corrected chi connectivity index (χ0v) is 8.63. The molecular formula is C10H16N4O. The van der Waals surface area contributed by atoms with Crippen molar-refractivity contribution in [2.75, 3.05) is 23.8 Å². The second-order valence-corrected chi connectivity index (χ2v) is 3.79. The molecule has 1 unspecified atom stereocenters. The van der Waals surface area contributed by atoms with Gasteiger partial charge >= 0.3 is 0 Å². The normalized spacial score (nSPS) is 21.7. The third kappa shape index (κ3) is 2.02. The Kier molecular flexibility index (Phi) is 3.01. The number of hydrogen-bond acceptors (Lipinski definition) is 5. The molecule has 1 aromatic rings. The Labute approximate surface area is 88.9 Å². The molecule has 1 fully saturated rings. The van der Waals surface area contributed by atoms with E-state index in [1.165, 1.54) is 0 Å². The van der Waals surface area contributed by atoms with Gasteiger partial charge in [-0.1, -0.05) is 0 Å². The molecule has 0 saturated carbocycles. The van der Waals surface area contributed by atoms with E-state index in [9.17, 15) is 5.11 Å². The molecule has 5 heteroatoms. The molecule has 1 aromatic heterocycles. The lowest BCUT2D eigenvalue weighted by Gasteiger charge is -2.35.